The molecule has 108 valence electrons. The number of rotatable bonds is 0. The number of allylic oxidation sites excluding steroid dienone is 2. The summed E-state index contributed by atoms with van der Waals surface area (Å²) in [6.45, 7) is 18.8. The summed E-state index contributed by atoms with van der Waals surface area (Å²) in [7, 11) is -1.64. The Morgan fingerprint density at radius 1 is 0.789 bits per heavy atom. The molecule has 0 aromatic rings. The van der Waals surface area contributed by atoms with Gasteiger partial charge in [-0.25, -0.2) is 0 Å². The van der Waals surface area contributed by atoms with Crippen LogP contribution in [0.4, 0.5) is 0 Å². The van der Waals surface area contributed by atoms with Crippen molar-refractivity contribution in [2.24, 2.45) is 0 Å². The maximum atomic E-state index is 2.71. The monoisotopic (exact) mass is 278 g/mol. The average molecular weight is 279 g/mol. The predicted molar refractivity (Wildman–Crippen MR) is 86.1 cm³/mol. The Morgan fingerprint density at radius 2 is 1.11 bits per heavy atom. The van der Waals surface area contributed by atoms with Crippen LogP contribution in [-0.2, 0) is 0 Å². The Morgan fingerprint density at radius 3 is 1.37 bits per heavy atom. The summed E-state index contributed by atoms with van der Waals surface area (Å²) in [5.41, 5.74) is 3.68. The molecule has 2 nitrogen and oxygen atoms in total. The molecule has 2 rings (SSSR count). The SMILES string of the molecule is CC1=C(C)C[Si]2(C1)N(C(C)(C)C)C=CN2C(C)(C)C. The summed E-state index contributed by atoms with van der Waals surface area (Å²) < 4.78 is 5.43. The fourth-order valence-electron chi connectivity index (χ4n) is 3.78. The second-order valence-electron chi connectivity index (χ2n) is 8.28. The maximum absolute atomic E-state index is 2.71. The van der Waals surface area contributed by atoms with Gasteiger partial charge in [0.1, 0.15) is 0 Å². The van der Waals surface area contributed by atoms with Crippen molar-refractivity contribution in [3.05, 3.63) is 23.5 Å². The molecule has 0 aliphatic carbocycles. The fraction of sp³-hybridized carbons (Fsp3) is 0.750. The van der Waals surface area contributed by atoms with E-state index in [4.69, 9.17) is 0 Å². The van der Waals surface area contributed by atoms with Crippen LogP contribution in [0.25, 0.3) is 0 Å². The molecule has 2 aliphatic heterocycles. The van der Waals surface area contributed by atoms with Crippen LogP contribution in [0, 0.1) is 0 Å². The van der Waals surface area contributed by atoms with Crippen LogP contribution in [0.3, 0.4) is 0 Å². The van der Waals surface area contributed by atoms with Crippen LogP contribution < -0.4 is 0 Å². The molecule has 0 N–H and O–H groups in total. The molecule has 0 radical (unpaired) electrons. The van der Waals surface area contributed by atoms with Gasteiger partial charge in [0, 0.05) is 35.6 Å². The van der Waals surface area contributed by atoms with E-state index in [1.165, 1.54) is 12.1 Å². The molecular formula is C16H30N2Si. The first-order valence-corrected chi connectivity index (χ1v) is 9.72. The van der Waals surface area contributed by atoms with Crippen molar-refractivity contribution >= 4 is 8.40 Å². The second kappa shape index (κ2) is 4.14. The summed E-state index contributed by atoms with van der Waals surface area (Å²) in [6.07, 6.45) is 4.73. The maximum Gasteiger partial charge on any atom is 0.272 e. The second-order valence-corrected chi connectivity index (χ2v) is 11.9. The van der Waals surface area contributed by atoms with Gasteiger partial charge >= 0.3 is 0 Å². The summed E-state index contributed by atoms with van der Waals surface area (Å²) in [6, 6.07) is 2.58. The van der Waals surface area contributed by atoms with Crippen molar-refractivity contribution in [1.82, 2.24) is 9.13 Å². The van der Waals surface area contributed by atoms with E-state index >= 15 is 0 Å². The van der Waals surface area contributed by atoms with Gasteiger partial charge < -0.3 is 9.13 Å². The number of hydrogen-bond acceptors (Lipinski definition) is 2. The predicted octanol–water partition coefficient (Wildman–Crippen LogP) is 4.46. The minimum Gasteiger partial charge on any atom is -0.381 e. The summed E-state index contributed by atoms with van der Waals surface area (Å²) >= 11 is 0. The van der Waals surface area contributed by atoms with E-state index in [0.29, 0.717) is 0 Å². The van der Waals surface area contributed by atoms with E-state index in [1.807, 2.05) is 0 Å². The Kier molecular flexibility index (Phi) is 3.21. The Labute approximate surface area is 120 Å². The van der Waals surface area contributed by atoms with Gasteiger partial charge in [-0.1, -0.05) is 11.1 Å². The van der Waals surface area contributed by atoms with E-state index in [0.717, 1.165) is 0 Å². The quantitative estimate of drug-likeness (QED) is 0.477. The molecule has 2 heterocycles. The van der Waals surface area contributed by atoms with E-state index < -0.39 is 8.40 Å². The smallest absolute Gasteiger partial charge is 0.272 e. The van der Waals surface area contributed by atoms with Crippen molar-refractivity contribution in [3.63, 3.8) is 0 Å². The van der Waals surface area contributed by atoms with Crippen molar-refractivity contribution < 1.29 is 0 Å². The van der Waals surface area contributed by atoms with Crippen molar-refractivity contribution in [3.8, 4) is 0 Å². The number of hydrogen-bond donors (Lipinski definition) is 0. The molecule has 19 heavy (non-hydrogen) atoms. The van der Waals surface area contributed by atoms with E-state index in [-0.39, 0.29) is 11.1 Å². The van der Waals surface area contributed by atoms with Crippen LogP contribution in [0.2, 0.25) is 12.1 Å². The topological polar surface area (TPSA) is 6.48 Å². The normalized spacial score (nSPS) is 23.2. The molecule has 0 aromatic heterocycles. The van der Waals surface area contributed by atoms with Crippen LogP contribution in [0.1, 0.15) is 55.4 Å². The molecule has 0 saturated carbocycles. The highest BCUT2D eigenvalue weighted by Crippen LogP contribution is 2.47. The lowest BCUT2D eigenvalue weighted by atomic mass is 10.1. The van der Waals surface area contributed by atoms with Crippen LogP contribution in [0.15, 0.2) is 23.5 Å². The van der Waals surface area contributed by atoms with E-state index in [9.17, 15) is 0 Å². The van der Waals surface area contributed by atoms with Gasteiger partial charge in [0.2, 0.25) is 0 Å². The highest BCUT2D eigenvalue weighted by atomic mass is 28.3. The summed E-state index contributed by atoms with van der Waals surface area (Å²) in [4.78, 5) is 0. The lowest BCUT2D eigenvalue weighted by molar-refractivity contribution is 0.264. The first-order valence-electron chi connectivity index (χ1n) is 7.41. The van der Waals surface area contributed by atoms with Crippen molar-refractivity contribution in [1.29, 1.82) is 0 Å². The Balaban J connectivity index is 2.45. The average Bonchev–Trinajstić information content (AvgIpc) is 2.67. The van der Waals surface area contributed by atoms with Crippen molar-refractivity contribution in [2.75, 3.05) is 0 Å². The van der Waals surface area contributed by atoms with E-state index in [2.05, 4.69) is 76.9 Å². The minimum atomic E-state index is -1.64. The Bertz CT molecular complexity index is 395. The standard InChI is InChI=1S/C16H30N2Si/c1-13-11-19(12-14(13)2)17(15(3,4)5)9-10-18(19)16(6,7)8/h9-10H,11-12H2,1-8H3. The van der Waals surface area contributed by atoms with Gasteiger partial charge in [0.05, 0.1) is 0 Å². The first-order chi connectivity index (χ1) is 8.48. The molecule has 0 amide bonds. The molecule has 2 aliphatic rings. The molecule has 0 unspecified atom stereocenters. The first kappa shape index (κ1) is 14.7. The zero-order valence-corrected chi connectivity index (χ0v) is 15.0. The fourth-order valence-corrected chi connectivity index (χ4v) is 10.3. The van der Waals surface area contributed by atoms with Gasteiger partial charge in [0.25, 0.3) is 8.40 Å². The third kappa shape index (κ3) is 2.26. The minimum absolute atomic E-state index is 0.216. The Hall–Kier alpha value is -0.703. The lowest BCUT2D eigenvalue weighted by Gasteiger charge is -2.52. The molecule has 0 saturated heterocycles. The van der Waals surface area contributed by atoms with E-state index in [1.54, 1.807) is 11.1 Å². The van der Waals surface area contributed by atoms with Gasteiger partial charge in [-0.2, -0.15) is 0 Å². The summed E-state index contributed by atoms with van der Waals surface area (Å²) in [5.74, 6) is 0. The zero-order chi connectivity index (χ0) is 14.6. The molecule has 0 atom stereocenters. The molecule has 0 fully saturated rings. The molecular weight excluding hydrogens is 248 g/mol. The molecule has 0 bridgehead atoms. The highest BCUT2D eigenvalue weighted by molar-refractivity contribution is 6.78. The summed E-state index contributed by atoms with van der Waals surface area (Å²) in [5, 5.41) is 0. The molecule has 0 aromatic carbocycles. The lowest BCUT2D eigenvalue weighted by Crippen LogP contribution is -2.66. The number of nitrogens with zero attached hydrogens (tertiary/aromatic N) is 2. The van der Waals surface area contributed by atoms with Gasteiger partial charge in [-0.3, -0.25) is 0 Å². The van der Waals surface area contributed by atoms with Crippen LogP contribution in [0.5, 0.6) is 0 Å². The zero-order valence-electron chi connectivity index (χ0n) is 14.0. The van der Waals surface area contributed by atoms with Crippen molar-refractivity contribution in [2.45, 2.75) is 78.6 Å². The van der Waals surface area contributed by atoms with Crippen LogP contribution in [-0.4, -0.2) is 28.6 Å². The third-order valence-corrected chi connectivity index (χ3v) is 10.2. The van der Waals surface area contributed by atoms with Gasteiger partial charge in [-0.05, 0) is 55.4 Å². The third-order valence-electron chi connectivity index (χ3n) is 4.53. The van der Waals surface area contributed by atoms with Gasteiger partial charge in [0.15, 0.2) is 0 Å². The largest absolute Gasteiger partial charge is 0.381 e. The molecule has 3 heteroatoms. The van der Waals surface area contributed by atoms with Gasteiger partial charge in [-0.15, -0.1) is 0 Å². The highest BCUT2D eigenvalue weighted by Gasteiger charge is 2.56. The van der Waals surface area contributed by atoms with Crippen LogP contribution >= 0.6 is 0 Å². The molecule has 1 spiro atoms.